The van der Waals surface area contributed by atoms with Gasteiger partial charge in [-0.3, -0.25) is 4.90 Å². The van der Waals surface area contributed by atoms with Gasteiger partial charge in [0.2, 0.25) is 12.1 Å². The standard InChI is InChI=1S/C64H86N2O9/c1-5-7-8-9-10-11-12-13-14-22-40-71-63(69)66(45-50-28-24-27-48-25-15-16-29-53(48)50)59-44-57(65-75-60-31-19-23-39-70-60)55-42-49(26-17-20-36-67)54(30-18-21-37-68)61-56-43-52(73-51-33-32-46(3)47(4)41-51)34-35-58(56)74-64(59,62(55)61)72-38-6-2/h6,15-16,24-25,27-29,32-35,41-43,49,54,59-62,67-68H,2,5,7-14,17-23,26,30-31,36-40,44-45H2,1,3-4H3/t49-,54+,59-,60?,61+,62+,64+/m0/s1. The summed E-state index contributed by atoms with van der Waals surface area (Å²) in [5.41, 5.74) is 6.00. The summed E-state index contributed by atoms with van der Waals surface area (Å²) in [6.07, 6.45) is 22.6. The van der Waals surface area contributed by atoms with E-state index in [9.17, 15) is 10.2 Å². The van der Waals surface area contributed by atoms with E-state index in [0.717, 1.165) is 109 Å². The SMILES string of the molecule is C=CCO[C@@]12Oc3ccc(Oc4ccc(C)c(C)c4)cc3[C@H]3[C@H](CCCCO)[C@@H](CCCCO)C=C(C(=NOC4CCCCO4)C[C@@H]1N(Cc1cccc4ccccc14)C(=O)OCCCCCCCCCCCC)[C@H]32. The lowest BCUT2D eigenvalue weighted by Crippen LogP contribution is -2.70. The highest BCUT2D eigenvalue weighted by atomic mass is 16.8. The van der Waals surface area contributed by atoms with E-state index in [4.69, 9.17) is 33.7 Å². The molecule has 0 aromatic heterocycles. The molecule has 2 aliphatic carbocycles. The number of unbranched alkanes of at least 4 members (excludes halogenated alkanes) is 11. The summed E-state index contributed by atoms with van der Waals surface area (Å²) in [7, 11) is 0. The third-order valence-corrected chi connectivity index (χ3v) is 16.3. The predicted octanol–water partition coefficient (Wildman–Crippen LogP) is 15.0. The number of amides is 1. The third-order valence-electron chi connectivity index (χ3n) is 16.3. The maximum Gasteiger partial charge on any atom is 0.410 e. The maximum atomic E-state index is 15.4. The van der Waals surface area contributed by atoms with Crippen molar-refractivity contribution in [2.75, 3.05) is 33.0 Å². The van der Waals surface area contributed by atoms with Crippen molar-refractivity contribution < 1.29 is 43.5 Å². The molecule has 2 aliphatic heterocycles. The molecule has 2 fully saturated rings. The Morgan fingerprint density at radius 2 is 1.56 bits per heavy atom. The highest BCUT2D eigenvalue weighted by Crippen LogP contribution is 2.62. The molecule has 4 aromatic rings. The normalized spacial score (nSPS) is 23.4. The van der Waals surface area contributed by atoms with Gasteiger partial charge in [-0.15, -0.1) is 6.58 Å². The van der Waals surface area contributed by atoms with E-state index in [-0.39, 0.29) is 50.5 Å². The first-order valence-corrected chi connectivity index (χ1v) is 28.8. The molecule has 1 saturated carbocycles. The zero-order chi connectivity index (χ0) is 52.4. The number of hydrogen-bond acceptors (Lipinski definition) is 10. The topological polar surface area (TPSA) is 129 Å². The third kappa shape index (κ3) is 14.1. The van der Waals surface area contributed by atoms with E-state index < -0.39 is 30.1 Å². The Hall–Kier alpha value is -5.20. The van der Waals surface area contributed by atoms with Crippen LogP contribution in [0.4, 0.5) is 4.79 Å². The molecule has 11 nitrogen and oxygen atoms in total. The van der Waals surface area contributed by atoms with Crippen LogP contribution in [0.25, 0.3) is 10.8 Å². The van der Waals surface area contributed by atoms with Crippen molar-refractivity contribution in [2.24, 2.45) is 22.9 Å². The first-order chi connectivity index (χ1) is 36.8. The second-order valence-electron chi connectivity index (χ2n) is 21.6. The quantitative estimate of drug-likeness (QED) is 0.0310. The van der Waals surface area contributed by atoms with Crippen LogP contribution in [0.3, 0.4) is 0 Å². The van der Waals surface area contributed by atoms with Crippen molar-refractivity contribution in [1.29, 1.82) is 0 Å². The molecule has 11 heteroatoms. The summed E-state index contributed by atoms with van der Waals surface area (Å²) in [6.45, 7) is 12.1. The van der Waals surface area contributed by atoms with E-state index in [1.54, 1.807) is 6.08 Å². The lowest BCUT2D eigenvalue weighted by atomic mass is 9.55. The van der Waals surface area contributed by atoms with E-state index in [0.29, 0.717) is 37.6 Å². The number of rotatable bonds is 29. The number of fused-ring (bicyclic) bond motifs is 3. The molecule has 1 saturated heterocycles. The first-order valence-electron chi connectivity index (χ1n) is 28.8. The molecule has 7 atom stereocenters. The average molecular weight is 1030 g/mol. The van der Waals surface area contributed by atoms with E-state index >= 15 is 4.79 Å². The maximum absolute atomic E-state index is 15.4. The predicted molar refractivity (Wildman–Crippen MR) is 298 cm³/mol. The minimum atomic E-state index is -1.46. The number of oxime groups is 1. The van der Waals surface area contributed by atoms with E-state index in [1.807, 2.05) is 35.2 Å². The van der Waals surface area contributed by atoms with Gasteiger partial charge in [-0.05, 0) is 134 Å². The average Bonchev–Trinajstić information content (AvgIpc) is 3.47. The van der Waals surface area contributed by atoms with Crippen LogP contribution >= 0.6 is 0 Å². The lowest BCUT2D eigenvalue weighted by molar-refractivity contribution is -0.256. The number of nitrogens with zero attached hydrogens (tertiary/aromatic N) is 2. The Morgan fingerprint density at radius 3 is 2.31 bits per heavy atom. The number of aryl methyl sites for hydroxylation is 2. The summed E-state index contributed by atoms with van der Waals surface area (Å²) >= 11 is 0. The fraction of sp³-hybridized carbons (Fsp3) is 0.562. The van der Waals surface area contributed by atoms with Gasteiger partial charge in [0.25, 0.3) is 0 Å². The van der Waals surface area contributed by atoms with Gasteiger partial charge >= 0.3 is 6.09 Å². The molecule has 0 radical (unpaired) electrons. The van der Waals surface area contributed by atoms with Gasteiger partial charge in [0.1, 0.15) is 23.3 Å². The number of carbonyl (C=O) groups excluding carboxylic acids is 1. The molecule has 2 heterocycles. The number of aliphatic hydroxyl groups is 2. The van der Waals surface area contributed by atoms with Crippen LogP contribution in [0.1, 0.15) is 164 Å². The fourth-order valence-corrected chi connectivity index (χ4v) is 12.3. The summed E-state index contributed by atoms with van der Waals surface area (Å²) in [5.74, 6) is 0.0516. The van der Waals surface area contributed by atoms with Crippen LogP contribution in [-0.2, 0) is 25.6 Å². The number of hydrogen-bond donors (Lipinski definition) is 2. The van der Waals surface area contributed by atoms with Crippen LogP contribution in [-0.4, -0.2) is 78.1 Å². The Bertz CT molecular complexity index is 2510. The minimum absolute atomic E-state index is 0.0487. The molecule has 8 rings (SSSR count). The molecule has 75 heavy (non-hydrogen) atoms. The van der Waals surface area contributed by atoms with Gasteiger partial charge in [0.05, 0.1) is 38.0 Å². The van der Waals surface area contributed by atoms with Gasteiger partial charge in [0, 0.05) is 37.5 Å². The molecule has 0 bridgehead atoms. The highest BCUT2D eigenvalue weighted by molar-refractivity contribution is 6.03. The molecule has 4 aromatic carbocycles. The number of aliphatic hydroxyl groups excluding tert-OH is 2. The molecular weight excluding hydrogens is 941 g/mol. The van der Waals surface area contributed by atoms with Crippen LogP contribution in [0.2, 0.25) is 0 Å². The Labute approximate surface area is 447 Å². The monoisotopic (exact) mass is 1030 g/mol. The highest BCUT2D eigenvalue weighted by Gasteiger charge is 2.66. The van der Waals surface area contributed by atoms with Crippen LogP contribution in [0.15, 0.2) is 108 Å². The van der Waals surface area contributed by atoms with Gasteiger partial charge in [0.15, 0.2) is 0 Å². The van der Waals surface area contributed by atoms with Crippen molar-refractivity contribution in [3.8, 4) is 17.2 Å². The molecule has 1 amide bonds. The number of ether oxygens (including phenoxy) is 5. The minimum Gasteiger partial charge on any atom is -0.459 e. The molecular formula is C64H86N2O9. The van der Waals surface area contributed by atoms with Crippen LogP contribution < -0.4 is 9.47 Å². The first kappa shape index (κ1) is 56.0. The van der Waals surface area contributed by atoms with Crippen LogP contribution in [0.5, 0.6) is 17.2 Å². The zero-order valence-corrected chi connectivity index (χ0v) is 45.4. The lowest BCUT2D eigenvalue weighted by Gasteiger charge is -2.60. The molecule has 0 spiro atoms. The Kier molecular flexibility index (Phi) is 21.1. The summed E-state index contributed by atoms with van der Waals surface area (Å²) in [4.78, 5) is 23.7. The van der Waals surface area contributed by atoms with Gasteiger partial charge in [-0.25, -0.2) is 4.79 Å². The van der Waals surface area contributed by atoms with Crippen molar-refractivity contribution in [1.82, 2.24) is 4.90 Å². The zero-order valence-electron chi connectivity index (χ0n) is 45.4. The van der Waals surface area contributed by atoms with E-state index in [2.05, 4.69) is 82.0 Å². The summed E-state index contributed by atoms with van der Waals surface area (Å²) < 4.78 is 34.2. The second-order valence-corrected chi connectivity index (χ2v) is 21.6. The van der Waals surface area contributed by atoms with Gasteiger partial charge in [-0.2, -0.15) is 0 Å². The second kappa shape index (κ2) is 28.3. The fourth-order valence-electron chi connectivity index (χ4n) is 12.3. The van der Waals surface area contributed by atoms with Crippen molar-refractivity contribution >= 4 is 22.6 Å². The summed E-state index contributed by atoms with van der Waals surface area (Å²) in [6, 6.07) is 26.1. The number of carbonyl (C=O) groups is 1. The number of allylic oxidation sites excluding steroid dienone is 1. The van der Waals surface area contributed by atoms with Gasteiger partial charge < -0.3 is 38.7 Å². The van der Waals surface area contributed by atoms with E-state index in [1.165, 1.54) is 50.5 Å². The smallest absolute Gasteiger partial charge is 0.410 e. The largest absolute Gasteiger partial charge is 0.459 e. The molecule has 1 unspecified atom stereocenters. The van der Waals surface area contributed by atoms with Gasteiger partial charge in [-0.1, -0.05) is 143 Å². The van der Waals surface area contributed by atoms with Crippen molar-refractivity contribution in [2.45, 2.75) is 180 Å². The molecule has 406 valence electrons. The van der Waals surface area contributed by atoms with Crippen molar-refractivity contribution in [3.63, 3.8) is 0 Å². The Balaban J connectivity index is 1.25. The molecule has 4 aliphatic rings. The Morgan fingerprint density at radius 1 is 0.827 bits per heavy atom. The van der Waals surface area contributed by atoms with Crippen molar-refractivity contribution in [3.05, 3.63) is 125 Å². The molecule has 2 N–H and O–H groups in total. The number of benzene rings is 4. The summed E-state index contributed by atoms with van der Waals surface area (Å²) in [5, 5.41) is 27.5. The van der Waals surface area contributed by atoms with Crippen LogP contribution in [0, 0.1) is 31.6 Å².